The summed E-state index contributed by atoms with van der Waals surface area (Å²) >= 11 is 12.3. The van der Waals surface area contributed by atoms with Crippen LogP contribution in [0.2, 0.25) is 10.0 Å². The van der Waals surface area contributed by atoms with Crippen molar-refractivity contribution in [2.24, 2.45) is 0 Å². The molecule has 0 bridgehead atoms. The van der Waals surface area contributed by atoms with E-state index < -0.39 is 17.9 Å². The first-order valence-corrected chi connectivity index (χ1v) is 9.72. The van der Waals surface area contributed by atoms with Gasteiger partial charge < -0.3 is 14.2 Å². The van der Waals surface area contributed by atoms with Gasteiger partial charge in [0.05, 0.1) is 12.2 Å². The quantitative estimate of drug-likeness (QED) is 0.425. The highest BCUT2D eigenvalue weighted by Gasteiger charge is 2.30. The van der Waals surface area contributed by atoms with Crippen molar-refractivity contribution in [1.29, 1.82) is 0 Å². The van der Waals surface area contributed by atoms with Crippen LogP contribution >= 0.6 is 23.2 Å². The molecule has 0 saturated carbocycles. The minimum atomic E-state index is -0.704. The second kappa shape index (κ2) is 8.56. The molecular formula is C22H22Cl2O4. The maximum absolute atomic E-state index is 12.3. The van der Waals surface area contributed by atoms with E-state index in [0.29, 0.717) is 22.2 Å². The summed E-state index contributed by atoms with van der Waals surface area (Å²) in [5.74, 6) is 0.0227. The average molecular weight is 421 g/mol. The molecule has 0 aromatic heterocycles. The van der Waals surface area contributed by atoms with Gasteiger partial charge in [0.1, 0.15) is 11.4 Å². The largest absolute Gasteiger partial charge is 0.465 e. The Bertz CT molecular complexity index is 831. The van der Waals surface area contributed by atoms with Gasteiger partial charge in [0.15, 0.2) is 0 Å². The number of hydrogen-bond donors (Lipinski definition) is 0. The predicted molar refractivity (Wildman–Crippen MR) is 109 cm³/mol. The third kappa shape index (κ3) is 5.74. The summed E-state index contributed by atoms with van der Waals surface area (Å²) in [6.45, 7) is 5.45. The molecule has 2 aromatic carbocycles. The predicted octanol–water partition coefficient (Wildman–Crippen LogP) is 6.40. The van der Waals surface area contributed by atoms with Gasteiger partial charge in [0.2, 0.25) is 6.29 Å². The first-order chi connectivity index (χ1) is 13.2. The molecule has 148 valence electrons. The highest BCUT2D eigenvalue weighted by molar-refractivity contribution is 6.30. The van der Waals surface area contributed by atoms with Gasteiger partial charge in [0, 0.05) is 22.0 Å². The Morgan fingerprint density at radius 2 is 1.68 bits per heavy atom. The summed E-state index contributed by atoms with van der Waals surface area (Å²) in [4.78, 5) is 12.3. The Kier molecular flexibility index (Phi) is 6.33. The van der Waals surface area contributed by atoms with Crippen LogP contribution in [0.4, 0.5) is 0 Å². The molecule has 28 heavy (non-hydrogen) atoms. The smallest absolute Gasteiger partial charge is 0.334 e. The number of carbonyl (C=O) groups excluding carboxylic acids is 1. The van der Waals surface area contributed by atoms with Crippen molar-refractivity contribution in [3.8, 4) is 0 Å². The van der Waals surface area contributed by atoms with Gasteiger partial charge in [-0.1, -0.05) is 47.5 Å². The minimum Gasteiger partial charge on any atom is -0.465 e. The number of benzene rings is 2. The fourth-order valence-electron chi connectivity index (χ4n) is 2.85. The molecule has 6 heteroatoms. The van der Waals surface area contributed by atoms with Crippen LogP contribution in [0.5, 0.6) is 0 Å². The van der Waals surface area contributed by atoms with Gasteiger partial charge >= 0.3 is 5.97 Å². The number of carbonyl (C=O) groups is 1. The van der Waals surface area contributed by atoms with Crippen LogP contribution in [-0.2, 0) is 19.0 Å². The van der Waals surface area contributed by atoms with Crippen LogP contribution in [0.3, 0.4) is 0 Å². The van der Waals surface area contributed by atoms with Crippen LogP contribution in [0.25, 0.3) is 0 Å². The second-order valence-electron chi connectivity index (χ2n) is 7.53. The summed E-state index contributed by atoms with van der Waals surface area (Å²) in [6, 6.07) is 14.7. The van der Waals surface area contributed by atoms with Crippen molar-refractivity contribution < 1.29 is 19.0 Å². The summed E-state index contributed by atoms with van der Waals surface area (Å²) in [5.41, 5.74) is 1.07. The summed E-state index contributed by atoms with van der Waals surface area (Å²) in [7, 11) is 0. The van der Waals surface area contributed by atoms with Crippen molar-refractivity contribution >= 4 is 29.2 Å². The zero-order valence-corrected chi connectivity index (χ0v) is 17.5. The first-order valence-electron chi connectivity index (χ1n) is 8.96. The second-order valence-corrected chi connectivity index (χ2v) is 8.41. The highest BCUT2D eigenvalue weighted by atomic mass is 35.5. The van der Waals surface area contributed by atoms with Crippen LogP contribution in [0.1, 0.15) is 50.7 Å². The van der Waals surface area contributed by atoms with Gasteiger partial charge in [-0.25, -0.2) is 4.79 Å². The zero-order chi connectivity index (χ0) is 20.3. The highest BCUT2D eigenvalue weighted by Crippen LogP contribution is 2.40. The number of hydrogen-bond acceptors (Lipinski definition) is 4. The summed E-state index contributed by atoms with van der Waals surface area (Å²) < 4.78 is 17.5. The van der Waals surface area contributed by atoms with E-state index >= 15 is 0 Å². The number of esters is 1. The molecule has 3 rings (SSSR count). The Morgan fingerprint density at radius 3 is 2.29 bits per heavy atom. The average Bonchev–Trinajstić information content (AvgIpc) is 2.60. The van der Waals surface area contributed by atoms with Crippen molar-refractivity contribution in [2.75, 3.05) is 0 Å². The lowest BCUT2D eigenvalue weighted by molar-refractivity contribution is -0.191. The lowest BCUT2D eigenvalue weighted by Crippen LogP contribution is -2.24. The van der Waals surface area contributed by atoms with Gasteiger partial charge in [-0.15, -0.1) is 0 Å². The molecule has 0 radical (unpaired) electrons. The Balaban J connectivity index is 1.90. The fraction of sp³-hybridized carbons (Fsp3) is 0.318. The first kappa shape index (κ1) is 20.7. The summed E-state index contributed by atoms with van der Waals surface area (Å²) in [5, 5.41) is 1.19. The molecule has 0 amide bonds. The Labute approximate surface area is 175 Å². The SMILES string of the molecule is CC(C)(C)OC(=O)/C=C1\C[C@@H](c2cccc(Cl)c2)O[C@@H](c2cccc(Cl)c2)O1. The molecule has 1 saturated heterocycles. The standard InChI is InChI=1S/C22H22Cl2O4/c1-22(2,3)28-20(25)13-18-12-19(14-6-4-8-16(23)10-14)27-21(26-18)15-7-5-9-17(24)11-15/h4-11,13,19,21H,12H2,1-3H3/b18-13+/t19-,21-/m0/s1. The lowest BCUT2D eigenvalue weighted by atomic mass is 10.0. The maximum Gasteiger partial charge on any atom is 0.334 e. The lowest BCUT2D eigenvalue weighted by Gasteiger charge is -2.33. The van der Waals surface area contributed by atoms with E-state index in [-0.39, 0.29) is 6.10 Å². The van der Waals surface area contributed by atoms with E-state index in [0.717, 1.165) is 11.1 Å². The van der Waals surface area contributed by atoms with Gasteiger partial charge in [0.25, 0.3) is 0 Å². The molecule has 0 aliphatic carbocycles. The van der Waals surface area contributed by atoms with Crippen molar-refractivity contribution in [3.05, 3.63) is 81.5 Å². The number of ether oxygens (including phenoxy) is 3. The zero-order valence-electron chi connectivity index (χ0n) is 15.9. The van der Waals surface area contributed by atoms with Gasteiger partial charge in [-0.3, -0.25) is 0 Å². The van der Waals surface area contributed by atoms with Gasteiger partial charge in [-0.05, 0) is 50.6 Å². The van der Waals surface area contributed by atoms with E-state index in [2.05, 4.69) is 0 Å². The van der Waals surface area contributed by atoms with E-state index in [4.69, 9.17) is 37.4 Å². The Hall–Kier alpha value is -2.01. The van der Waals surface area contributed by atoms with E-state index in [9.17, 15) is 4.79 Å². The molecule has 1 aliphatic rings. The minimum absolute atomic E-state index is 0.329. The van der Waals surface area contributed by atoms with Crippen molar-refractivity contribution in [3.63, 3.8) is 0 Å². The topological polar surface area (TPSA) is 44.8 Å². The molecule has 0 spiro atoms. The van der Waals surface area contributed by atoms with Crippen LogP contribution < -0.4 is 0 Å². The van der Waals surface area contributed by atoms with Crippen LogP contribution in [0.15, 0.2) is 60.4 Å². The molecule has 2 atom stereocenters. The fourth-order valence-corrected chi connectivity index (χ4v) is 3.25. The molecule has 0 unspecified atom stereocenters. The molecule has 2 aromatic rings. The number of halogens is 2. The number of rotatable bonds is 3. The van der Waals surface area contributed by atoms with E-state index in [1.807, 2.05) is 51.1 Å². The molecule has 1 fully saturated rings. The Morgan fingerprint density at radius 1 is 1.07 bits per heavy atom. The molecule has 1 heterocycles. The maximum atomic E-state index is 12.3. The van der Waals surface area contributed by atoms with Crippen molar-refractivity contribution in [2.45, 2.75) is 45.2 Å². The van der Waals surface area contributed by atoms with Gasteiger partial charge in [-0.2, -0.15) is 0 Å². The monoisotopic (exact) mass is 420 g/mol. The third-order valence-electron chi connectivity index (χ3n) is 3.96. The molecule has 1 aliphatic heterocycles. The van der Waals surface area contributed by atoms with Crippen LogP contribution in [0, 0.1) is 0 Å². The summed E-state index contributed by atoms with van der Waals surface area (Å²) in [6.07, 6.45) is 0.731. The van der Waals surface area contributed by atoms with Crippen LogP contribution in [-0.4, -0.2) is 11.6 Å². The molecular weight excluding hydrogens is 399 g/mol. The van der Waals surface area contributed by atoms with E-state index in [1.54, 1.807) is 18.2 Å². The van der Waals surface area contributed by atoms with Crippen molar-refractivity contribution in [1.82, 2.24) is 0 Å². The molecule has 4 nitrogen and oxygen atoms in total. The van der Waals surface area contributed by atoms with E-state index in [1.165, 1.54) is 6.08 Å². The normalized spacial score (nSPS) is 21.2. The third-order valence-corrected chi connectivity index (χ3v) is 4.43. The molecule has 0 N–H and O–H groups in total.